The van der Waals surface area contributed by atoms with E-state index in [1.54, 1.807) is 11.8 Å². The van der Waals surface area contributed by atoms with E-state index >= 15 is 0 Å². The van der Waals surface area contributed by atoms with Gasteiger partial charge in [0.1, 0.15) is 5.37 Å². The molecule has 1 heterocycles. The highest BCUT2D eigenvalue weighted by atomic mass is 32.2. The number of thioether (sulfide) groups is 1. The fourth-order valence-corrected chi connectivity index (χ4v) is 3.68. The molecule has 1 aliphatic rings. The van der Waals surface area contributed by atoms with Gasteiger partial charge in [0.15, 0.2) is 0 Å². The Morgan fingerprint density at radius 1 is 1.14 bits per heavy atom. The predicted octanol–water partition coefficient (Wildman–Crippen LogP) is 3.61. The van der Waals surface area contributed by atoms with E-state index < -0.39 is 0 Å². The summed E-state index contributed by atoms with van der Waals surface area (Å²) in [5.41, 5.74) is 9.84. The molecule has 0 aliphatic carbocycles. The molecule has 1 saturated heterocycles. The third kappa shape index (κ3) is 2.76. The maximum absolute atomic E-state index is 12.3. The maximum atomic E-state index is 12.3. The van der Waals surface area contributed by atoms with Crippen LogP contribution in [0.1, 0.15) is 23.4 Å². The van der Waals surface area contributed by atoms with Crippen molar-refractivity contribution in [2.75, 3.05) is 16.4 Å². The van der Waals surface area contributed by atoms with Gasteiger partial charge in [-0.25, -0.2) is 0 Å². The SMILES string of the molecule is CCc1ccc(N2C(=O)CS[C@@H]2c2ccc(N)cc2)cc1. The van der Waals surface area contributed by atoms with Gasteiger partial charge in [0, 0.05) is 11.4 Å². The summed E-state index contributed by atoms with van der Waals surface area (Å²) in [6.07, 6.45) is 1.00. The van der Waals surface area contributed by atoms with Gasteiger partial charge in [-0.2, -0.15) is 0 Å². The van der Waals surface area contributed by atoms with Gasteiger partial charge >= 0.3 is 0 Å². The van der Waals surface area contributed by atoms with Gasteiger partial charge < -0.3 is 5.73 Å². The molecule has 0 saturated carbocycles. The first-order chi connectivity index (χ1) is 10.2. The third-order valence-corrected chi connectivity index (χ3v) is 4.92. The molecule has 1 aliphatic heterocycles. The van der Waals surface area contributed by atoms with Crippen LogP contribution in [0.5, 0.6) is 0 Å². The van der Waals surface area contributed by atoms with Gasteiger partial charge in [0.05, 0.1) is 5.75 Å². The number of anilines is 2. The Hall–Kier alpha value is -1.94. The Labute approximate surface area is 129 Å². The van der Waals surface area contributed by atoms with Crippen molar-refractivity contribution < 1.29 is 4.79 Å². The molecular weight excluding hydrogens is 280 g/mol. The second-order valence-corrected chi connectivity index (χ2v) is 6.18. The van der Waals surface area contributed by atoms with Gasteiger partial charge in [0.25, 0.3) is 0 Å². The number of hydrogen-bond donors (Lipinski definition) is 1. The van der Waals surface area contributed by atoms with Crippen LogP contribution in [-0.4, -0.2) is 11.7 Å². The predicted molar refractivity (Wildman–Crippen MR) is 89.4 cm³/mol. The zero-order chi connectivity index (χ0) is 14.8. The van der Waals surface area contributed by atoms with Crippen molar-refractivity contribution in [3.05, 3.63) is 59.7 Å². The van der Waals surface area contributed by atoms with Crippen molar-refractivity contribution in [2.24, 2.45) is 0 Å². The summed E-state index contributed by atoms with van der Waals surface area (Å²) in [6.45, 7) is 2.13. The van der Waals surface area contributed by atoms with Gasteiger partial charge in [-0.1, -0.05) is 31.2 Å². The van der Waals surface area contributed by atoms with E-state index in [4.69, 9.17) is 5.73 Å². The highest BCUT2D eigenvalue weighted by Crippen LogP contribution is 2.41. The molecule has 0 spiro atoms. The van der Waals surface area contributed by atoms with Crippen molar-refractivity contribution in [1.82, 2.24) is 0 Å². The zero-order valence-corrected chi connectivity index (χ0v) is 12.8. The minimum atomic E-state index is 0.0329. The van der Waals surface area contributed by atoms with Crippen LogP contribution in [0.15, 0.2) is 48.5 Å². The number of hydrogen-bond acceptors (Lipinski definition) is 3. The highest BCUT2D eigenvalue weighted by Gasteiger charge is 2.33. The number of nitrogens with zero attached hydrogens (tertiary/aromatic N) is 1. The molecule has 0 aromatic heterocycles. The Morgan fingerprint density at radius 2 is 1.81 bits per heavy atom. The first-order valence-electron chi connectivity index (χ1n) is 7.07. The molecule has 2 N–H and O–H groups in total. The van der Waals surface area contributed by atoms with Crippen LogP contribution in [0.3, 0.4) is 0 Å². The third-order valence-electron chi connectivity index (χ3n) is 3.71. The Bertz CT molecular complexity index is 637. The summed E-state index contributed by atoms with van der Waals surface area (Å²) in [5, 5.41) is 0.0329. The molecule has 0 bridgehead atoms. The van der Waals surface area contributed by atoms with E-state index in [0.717, 1.165) is 23.4 Å². The monoisotopic (exact) mass is 298 g/mol. The molecule has 2 aromatic carbocycles. The van der Waals surface area contributed by atoms with E-state index in [1.807, 2.05) is 41.3 Å². The summed E-state index contributed by atoms with van der Waals surface area (Å²) in [4.78, 5) is 14.1. The van der Waals surface area contributed by atoms with Crippen molar-refractivity contribution in [2.45, 2.75) is 18.7 Å². The van der Waals surface area contributed by atoms with E-state index in [0.29, 0.717) is 5.75 Å². The average Bonchev–Trinajstić information content (AvgIpc) is 2.90. The number of amides is 1. The molecule has 3 rings (SSSR count). The lowest BCUT2D eigenvalue weighted by molar-refractivity contribution is -0.115. The van der Waals surface area contributed by atoms with Crippen LogP contribution in [0.4, 0.5) is 11.4 Å². The Kier molecular flexibility index (Phi) is 3.88. The van der Waals surface area contributed by atoms with Crippen molar-refractivity contribution in [3.63, 3.8) is 0 Å². The number of rotatable bonds is 3. The molecule has 0 unspecified atom stereocenters. The van der Waals surface area contributed by atoms with E-state index in [2.05, 4.69) is 19.1 Å². The molecule has 4 heteroatoms. The minimum Gasteiger partial charge on any atom is -0.399 e. The van der Waals surface area contributed by atoms with Crippen LogP contribution in [0.2, 0.25) is 0 Å². The quantitative estimate of drug-likeness (QED) is 0.881. The standard InChI is InChI=1S/C17H18N2OS/c1-2-12-3-9-15(10-4-12)19-16(20)11-21-17(19)13-5-7-14(18)8-6-13/h3-10,17H,2,11,18H2,1H3/t17-/m1/s1. The summed E-state index contributed by atoms with van der Waals surface area (Å²) in [5.74, 6) is 0.677. The first-order valence-corrected chi connectivity index (χ1v) is 8.12. The molecule has 21 heavy (non-hydrogen) atoms. The molecule has 2 aromatic rings. The fraction of sp³-hybridized carbons (Fsp3) is 0.235. The lowest BCUT2D eigenvalue weighted by atomic mass is 10.1. The van der Waals surface area contributed by atoms with Crippen LogP contribution in [0, 0.1) is 0 Å². The normalized spacial score (nSPS) is 18.2. The number of carbonyl (C=O) groups excluding carboxylic acids is 1. The summed E-state index contributed by atoms with van der Waals surface area (Å²) in [6, 6.07) is 16.0. The second kappa shape index (κ2) is 5.82. The molecule has 1 amide bonds. The van der Waals surface area contributed by atoms with Gasteiger partial charge in [-0.15, -0.1) is 11.8 Å². The van der Waals surface area contributed by atoms with Gasteiger partial charge in [0.2, 0.25) is 5.91 Å². The number of nitrogens with two attached hydrogens (primary N) is 1. The van der Waals surface area contributed by atoms with Crippen molar-refractivity contribution >= 4 is 29.0 Å². The molecule has 3 nitrogen and oxygen atoms in total. The van der Waals surface area contributed by atoms with Crippen LogP contribution >= 0.6 is 11.8 Å². The Balaban J connectivity index is 1.93. The Morgan fingerprint density at radius 3 is 2.43 bits per heavy atom. The number of benzene rings is 2. The topological polar surface area (TPSA) is 46.3 Å². The van der Waals surface area contributed by atoms with Gasteiger partial charge in [-0.3, -0.25) is 9.69 Å². The number of aryl methyl sites for hydroxylation is 1. The highest BCUT2D eigenvalue weighted by molar-refractivity contribution is 8.00. The average molecular weight is 298 g/mol. The van der Waals surface area contributed by atoms with E-state index in [9.17, 15) is 4.79 Å². The molecular formula is C17H18N2OS. The smallest absolute Gasteiger partial charge is 0.238 e. The molecule has 1 fully saturated rings. The van der Waals surface area contributed by atoms with Crippen molar-refractivity contribution in [1.29, 1.82) is 0 Å². The summed E-state index contributed by atoms with van der Waals surface area (Å²) in [7, 11) is 0. The number of nitrogen functional groups attached to an aromatic ring is 1. The van der Waals surface area contributed by atoms with E-state index in [-0.39, 0.29) is 11.3 Å². The first kappa shape index (κ1) is 14.0. The van der Waals surface area contributed by atoms with E-state index in [1.165, 1.54) is 5.56 Å². The summed E-state index contributed by atoms with van der Waals surface area (Å²) < 4.78 is 0. The zero-order valence-electron chi connectivity index (χ0n) is 12.0. The van der Waals surface area contributed by atoms with Crippen molar-refractivity contribution in [3.8, 4) is 0 Å². The lowest BCUT2D eigenvalue weighted by Crippen LogP contribution is -2.27. The lowest BCUT2D eigenvalue weighted by Gasteiger charge is -2.24. The van der Waals surface area contributed by atoms with Crippen LogP contribution in [0.25, 0.3) is 0 Å². The molecule has 1 atom stereocenters. The number of carbonyl (C=O) groups is 1. The van der Waals surface area contributed by atoms with Crippen LogP contribution < -0.4 is 10.6 Å². The second-order valence-electron chi connectivity index (χ2n) is 5.11. The summed E-state index contributed by atoms with van der Waals surface area (Å²) >= 11 is 1.66. The van der Waals surface area contributed by atoms with Crippen LogP contribution in [-0.2, 0) is 11.2 Å². The largest absolute Gasteiger partial charge is 0.399 e. The minimum absolute atomic E-state index is 0.0329. The molecule has 0 radical (unpaired) electrons. The molecule has 108 valence electrons. The fourth-order valence-electron chi connectivity index (χ4n) is 2.50. The maximum Gasteiger partial charge on any atom is 0.238 e. The van der Waals surface area contributed by atoms with Gasteiger partial charge in [-0.05, 0) is 41.8 Å².